The van der Waals surface area contributed by atoms with E-state index in [0.717, 1.165) is 17.0 Å². The van der Waals surface area contributed by atoms with E-state index in [1.54, 1.807) is 7.11 Å². The number of Topliss-reactive ketones (excluding diaryl/α,β-unsaturated/α-hetero) is 1. The summed E-state index contributed by atoms with van der Waals surface area (Å²) in [6.45, 7) is 2.09. The number of carbonyl (C=O) groups excluding carboxylic acids is 1. The van der Waals surface area contributed by atoms with Crippen LogP contribution in [0.3, 0.4) is 0 Å². The summed E-state index contributed by atoms with van der Waals surface area (Å²) in [7, 11) is 1.65. The quantitative estimate of drug-likeness (QED) is 0.740. The van der Waals surface area contributed by atoms with Crippen LogP contribution >= 0.6 is 0 Å². The fourth-order valence-corrected chi connectivity index (χ4v) is 4.51. The van der Waals surface area contributed by atoms with Crippen LogP contribution in [-0.4, -0.2) is 27.7 Å². The fraction of sp³-hybridized carbons (Fsp3) is 0.261. The summed E-state index contributed by atoms with van der Waals surface area (Å²) in [6.07, 6.45) is 4.21. The average Bonchev–Trinajstić information content (AvgIpc) is 3.20. The van der Waals surface area contributed by atoms with Crippen LogP contribution < -0.4 is 10.1 Å². The number of carbonyl (C=O) groups is 1. The van der Waals surface area contributed by atoms with E-state index >= 15 is 0 Å². The summed E-state index contributed by atoms with van der Waals surface area (Å²) in [4.78, 5) is 17.8. The van der Waals surface area contributed by atoms with Crippen molar-refractivity contribution in [1.29, 1.82) is 0 Å². The molecule has 6 nitrogen and oxygen atoms in total. The van der Waals surface area contributed by atoms with Crippen LogP contribution in [0.4, 0.5) is 5.95 Å². The van der Waals surface area contributed by atoms with Gasteiger partial charge in [0.2, 0.25) is 5.95 Å². The van der Waals surface area contributed by atoms with E-state index in [-0.39, 0.29) is 23.7 Å². The minimum atomic E-state index is -0.308. The molecule has 0 amide bonds. The van der Waals surface area contributed by atoms with Crippen LogP contribution in [0.15, 0.2) is 66.6 Å². The molecule has 2 heterocycles. The largest absolute Gasteiger partial charge is 0.497 e. The van der Waals surface area contributed by atoms with Gasteiger partial charge in [0.05, 0.1) is 19.1 Å². The van der Waals surface area contributed by atoms with Gasteiger partial charge in [-0.1, -0.05) is 42.5 Å². The highest BCUT2D eigenvalue weighted by Gasteiger charge is 2.43. The highest BCUT2D eigenvalue weighted by Crippen LogP contribution is 2.44. The number of hydrogen-bond donors (Lipinski definition) is 1. The minimum absolute atomic E-state index is 0.0634. The van der Waals surface area contributed by atoms with Crippen LogP contribution in [0.25, 0.3) is 0 Å². The molecule has 0 saturated carbocycles. The molecular formula is C23H22N4O2. The lowest BCUT2D eigenvalue weighted by Gasteiger charge is -2.38. The molecule has 0 fully saturated rings. The summed E-state index contributed by atoms with van der Waals surface area (Å²) >= 11 is 0. The number of nitrogens with one attached hydrogen (secondary N) is 1. The number of ketones is 1. The average molecular weight is 386 g/mol. The van der Waals surface area contributed by atoms with E-state index < -0.39 is 0 Å². The molecule has 0 bridgehead atoms. The minimum Gasteiger partial charge on any atom is -0.497 e. The number of allylic oxidation sites excluding steroid dienone is 2. The SMILES string of the molecule is COc1ccc([C@H]2[C@@H]3C(=O)C[C@H](c4ccccc4C)C=C3Nc3ncnn32)cc1. The molecule has 5 rings (SSSR count). The van der Waals surface area contributed by atoms with Crippen LogP contribution in [0.2, 0.25) is 0 Å². The summed E-state index contributed by atoms with van der Waals surface area (Å²) < 4.78 is 7.10. The Kier molecular flexibility index (Phi) is 4.19. The van der Waals surface area contributed by atoms with Gasteiger partial charge < -0.3 is 10.1 Å². The van der Waals surface area contributed by atoms with Gasteiger partial charge in [-0.05, 0) is 35.7 Å². The van der Waals surface area contributed by atoms with Crippen molar-refractivity contribution in [2.24, 2.45) is 5.92 Å². The van der Waals surface area contributed by atoms with Crippen molar-refractivity contribution in [3.63, 3.8) is 0 Å². The van der Waals surface area contributed by atoms with Crippen LogP contribution in [-0.2, 0) is 4.79 Å². The predicted octanol–water partition coefficient (Wildman–Crippen LogP) is 3.87. The third kappa shape index (κ3) is 2.92. The number of aromatic nitrogens is 3. The van der Waals surface area contributed by atoms with Gasteiger partial charge >= 0.3 is 0 Å². The Balaban J connectivity index is 1.60. The van der Waals surface area contributed by atoms with Gasteiger partial charge in [0.25, 0.3) is 0 Å². The van der Waals surface area contributed by atoms with Gasteiger partial charge in [-0.3, -0.25) is 4.79 Å². The zero-order chi connectivity index (χ0) is 20.0. The Morgan fingerprint density at radius 1 is 1.14 bits per heavy atom. The summed E-state index contributed by atoms with van der Waals surface area (Å²) in [5.74, 6) is 1.41. The van der Waals surface area contributed by atoms with Gasteiger partial charge in [-0.2, -0.15) is 10.1 Å². The highest BCUT2D eigenvalue weighted by atomic mass is 16.5. The van der Waals surface area contributed by atoms with Gasteiger partial charge in [-0.15, -0.1) is 0 Å². The van der Waals surface area contributed by atoms with Crippen molar-refractivity contribution in [3.05, 3.63) is 83.3 Å². The second kappa shape index (κ2) is 6.88. The van der Waals surface area contributed by atoms with Crippen molar-refractivity contribution in [3.8, 4) is 5.75 Å². The normalized spacial score (nSPS) is 22.9. The topological polar surface area (TPSA) is 69.0 Å². The van der Waals surface area contributed by atoms with E-state index in [1.807, 2.05) is 41.1 Å². The first-order chi connectivity index (χ1) is 14.2. The Hall–Kier alpha value is -3.41. The molecule has 0 radical (unpaired) electrons. The van der Waals surface area contributed by atoms with Gasteiger partial charge in [-0.25, -0.2) is 4.68 Å². The standard InChI is InChI=1S/C23H22N4O2/c1-14-5-3-4-6-18(14)16-11-19-21(20(28)12-16)22(27-23(26-19)24-13-25-27)15-7-9-17(29-2)10-8-15/h3-11,13,16,21-22H,12H2,1-2H3,(H,24,25,26)/t16-,21+,22+/m1/s1. The monoisotopic (exact) mass is 386 g/mol. The lowest BCUT2D eigenvalue weighted by atomic mass is 9.75. The van der Waals surface area contributed by atoms with E-state index in [0.29, 0.717) is 12.4 Å². The Morgan fingerprint density at radius 3 is 2.69 bits per heavy atom. The van der Waals surface area contributed by atoms with Crippen molar-refractivity contribution in [2.45, 2.75) is 25.3 Å². The highest BCUT2D eigenvalue weighted by molar-refractivity contribution is 5.88. The second-order valence-electron chi connectivity index (χ2n) is 7.60. The molecule has 1 aliphatic heterocycles. The first-order valence-corrected chi connectivity index (χ1v) is 9.76. The smallest absolute Gasteiger partial charge is 0.226 e. The summed E-state index contributed by atoms with van der Waals surface area (Å²) in [5.41, 5.74) is 4.32. The molecule has 1 aromatic heterocycles. The molecule has 146 valence electrons. The maximum absolute atomic E-state index is 13.4. The van der Waals surface area contributed by atoms with Crippen LogP contribution in [0.1, 0.15) is 35.1 Å². The maximum atomic E-state index is 13.4. The van der Waals surface area contributed by atoms with Crippen LogP contribution in [0, 0.1) is 12.8 Å². The van der Waals surface area contributed by atoms with Gasteiger partial charge in [0, 0.05) is 18.0 Å². The van der Waals surface area contributed by atoms with Crippen molar-refractivity contribution in [2.75, 3.05) is 12.4 Å². The van der Waals surface area contributed by atoms with Crippen molar-refractivity contribution < 1.29 is 9.53 Å². The van der Waals surface area contributed by atoms with Crippen LogP contribution in [0.5, 0.6) is 5.75 Å². The first-order valence-electron chi connectivity index (χ1n) is 9.76. The Bertz CT molecular complexity index is 1100. The number of methoxy groups -OCH3 is 1. The molecule has 6 heteroatoms. The molecule has 1 aliphatic carbocycles. The fourth-order valence-electron chi connectivity index (χ4n) is 4.51. The van der Waals surface area contributed by atoms with E-state index in [9.17, 15) is 4.79 Å². The zero-order valence-corrected chi connectivity index (χ0v) is 16.4. The van der Waals surface area contributed by atoms with Gasteiger partial charge in [0.15, 0.2) is 0 Å². The molecule has 0 saturated heterocycles. The number of hydrogen-bond acceptors (Lipinski definition) is 5. The third-order valence-electron chi connectivity index (χ3n) is 5.94. The molecule has 3 atom stereocenters. The summed E-state index contributed by atoms with van der Waals surface area (Å²) in [6, 6.07) is 15.9. The predicted molar refractivity (Wildman–Crippen MR) is 110 cm³/mol. The number of benzene rings is 2. The lowest BCUT2D eigenvalue weighted by molar-refractivity contribution is -0.123. The Labute approximate surface area is 169 Å². The summed E-state index contributed by atoms with van der Waals surface area (Å²) in [5, 5.41) is 7.76. The van der Waals surface area contributed by atoms with E-state index in [4.69, 9.17) is 4.74 Å². The number of nitrogens with zero attached hydrogens (tertiary/aromatic N) is 3. The first kappa shape index (κ1) is 17.7. The Morgan fingerprint density at radius 2 is 1.93 bits per heavy atom. The second-order valence-corrected chi connectivity index (χ2v) is 7.60. The third-order valence-corrected chi connectivity index (χ3v) is 5.94. The molecule has 0 spiro atoms. The molecule has 2 aromatic carbocycles. The number of rotatable bonds is 3. The maximum Gasteiger partial charge on any atom is 0.226 e. The van der Waals surface area contributed by atoms with Crippen molar-refractivity contribution in [1.82, 2.24) is 14.8 Å². The van der Waals surface area contributed by atoms with E-state index in [2.05, 4.69) is 40.5 Å². The molecule has 2 aliphatic rings. The van der Waals surface area contributed by atoms with Gasteiger partial charge in [0.1, 0.15) is 17.9 Å². The molecule has 3 aromatic rings. The molecule has 1 N–H and O–H groups in total. The molecular weight excluding hydrogens is 364 g/mol. The number of ether oxygens (including phenoxy) is 1. The molecule has 29 heavy (non-hydrogen) atoms. The number of anilines is 1. The number of fused-ring (bicyclic) bond motifs is 2. The van der Waals surface area contributed by atoms with Crippen molar-refractivity contribution >= 4 is 11.7 Å². The number of aryl methyl sites for hydroxylation is 1. The zero-order valence-electron chi connectivity index (χ0n) is 16.4. The lowest BCUT2D eigenvalue weighted by Crippen LogP contribution is -2.40. The van der Waals surface area contributed by atoms with E-state index in [1.165, 1.54) is 17.5 Å². The molecule has 0 unspecified atom stereocenters.